The van der Waals surface area contributed by atoms with Crippen molar-refractivity contribution in [1.29, 1.82) is 0 Å². The fraction of sp³-hybridized carbons (Fsp3) is 0.887. The van der Waals surface area contributed by atoms with Crippen LogP contribution in [-0.4, -0.2) is 47.4 Å². The van der Waals surface area contributed by atoms with E-state index in [2.05, 4.69) is 43.5 Å². The normalized spacial score (nSPS) is 12.7. The SMILES string of the molecule is CCCCCCCCCCCC/C=C/C(O)C(CO)NC(=O)CCCCCCCCCCCCCCCCCCC/C=C\C/C=C\CCCCCCCCCCCOC(=O)CCCCCCCCCCCCCCCCC. The predicted octanol–water partition coefficient (Wildman–Crippen LogP) is 22.3. The fourth-order valence-corrected chi connectivity index (χ4v) is 10.8. The molecule has 0 saturated heterocycles. The Balaban J connectivity index is 3.37. The highest BCUT2D eigenvalue weighted by Crippen LogP contribution is 2.18. The molecule has 2 unspecified atom stereocenters. The molecule has 77 heavy (non-hydrogen) atoms. The third-order valence-corrected chi connectivity index (χ3v) is 16.2. The molecule has 0 saturated carbocycles. The van der Waals surface area contributed by atoms with Crippen LogP contribution >= 0.6 is 0 Å². The van der Waals surface area contributed by atoms with Crippen molar-refractivity contribution in [1.82, 2.24) is 5.32 Å². The molecule has 0 spiro atoms. The van der Waals surface area contributed by atoms with Crippen LogP contribution in [0.1, 0.15) is 380 Å². The monoisotopic (exact) mass is 1080 g/mol. The van der Waals surface area contributed by atoms with Gasteiger partial charge in [-0.1, -0.05) is 339 Å². The maximum atomic E-state index is 12.4. The van der Waals surface area contributed by atoms with E-state index in [0.717, 1.165) is 44.9 Å². The lowest BCUT2D eigenvalue weighted by Gasteiger charge is -2.20. The van der Waals surface area contributed by atoms with Gasteiger partial charge in [0, 0.05) is 12.8 Å². The number of hydrogen-bond donors (Lipinski definition) is 3. The first-order chi connectivity index (χ1) is 38.0. The zero-order valence-electron chi connectivity index (χ0n) is 52.0. The minimum Gasteiger partial charge on any atom is -0.466 e. The largest absolute Gasteiger partial charge is 0.466 e. The van der Waals surface area contributed by atoms with Crippen LogP contribution in [0.15, 0.2) is 36.5 Å². The molecule has 0 aliphatic carbocycles. The molecule has 454 valence electrons. The second kappa shape index (κ2) is 66.6. The minimum atomic E-state index is -0.842. The minimum absolute atomic E-state index is 0.0171. The lowest BCUT2D eigenvalue weighted by atomic mass is 10.0. The molecule has 6 heteroatoms. The van der Waals surface area contributed by atoms with Crippen molar-refractivity contribution >= 4 is 11.9 Å². The van der Waals surface area contributed by atoms with Gasteiger partial charge in [-0.05, 0) is 64.2 Å². The van der Waals surface area contributed by atoms with E-state index in [1.54, 1.807) is 6.08 Å². The number of amides is 1. The summed E-state index contributed by atoms with van der Waals surface area (Å²) in [5.74, 6) is -0.0484. The molecule has 0 radical (unpaired) electrons. The van der Waals surface area contributed by atoms with Crippen LogP contribution in [0.25, 0.3) is 0 Å². The molecule has 2 atom stereocenters. The summed E-state index contributed by atoms with van der Waals surface area (Å²) >= 11 is 0. The second-order valence-electron chi connectivity index (χ2n) is 23.9. The van der Waals surface area contributed by atoms with E-state index in [9.17, 15) is 19.8 Å². The highest BCUT2D eigenvalue weighted by Gasteiger charge is 2.18. The average Bonchev–Trinajstić information content (AvgIpc) is 3.43. The molecule has 3 N–H and O–H groups in total. The number of unbranched alkanes of at least 4 members (excludes halogenated alkanes) is 50. The molecular formula is C71H135NO5. The van der Waals surface area contributed by atoms with Gasteiger partial charge in [-0.15, -0.1) is 0 Å². The number of hydrogen-bond acceptors (Lipinski definition) is 5. The summed E-state index contributed by atoms with van der Waals surface area (Å²) in [6.45, 7) is 4.92. The van der Waals surface area contributed by atoms with E-state index in [-0.39, 0.29) is 18.5 Å². The molecule has 6 nitrogen and oxygen atoms in total. The quantitative estimate of drug-likeness (QED) is 0.0320. The number of rotatable bonds is 65. The van der Waals surface area contributed by atoms with Gasteiger partial charge in [0.1, 0.15) is 0 Å². The summed E-state index contributed by atoms with van der Waals surface area (Å²) in [6, 6.07) is -0.625. The Bertz CT molecular complexity index is 1250. The standard InChI is InChI=1S/C71H135NO5/c1-3-5-7-9-11-13-15-17-37-41-45-49-53-57-61-65-71(76)77-66-62-58-54-50-46-42-39-36-34-32-30-28-26-24-22-20-18-19-21-23-25-27-29-31-33-35-38-40-44-48-52-56-60-64-70(75)72-68(67-73)69(74)63-59-55-51-47-43-16-14-12-10-8-6-4-2/h22,24,28,30,59,63,68-69,73-74H,3-21,23,25-27,29,31-58,60-62,64-67H2,1-2H3,(H,72,75)/b24-22-,30-28-,63-59+. The smallest absolute Gasteiger partial charge is 0.305 e. The van der Waals surface area contributed by atoms with E-state index in [1.807, 2.05) is 6.08 Å². The number of carbonyl (C=O) groups excluding carboxylic acids is 2. The first-order valence-electron chi connectivity index (χ1n) is 34.8. The van der Waals surface area contributed by atoms with E-state index in [1.165, 1.54) is 308 Å². The van der Waals surface area contributed by atoms with Gasteiger partial charge in [0.15, 0.2) is 0 Å². The molecule has 0 aliphatic rings. The average molecular weight is 1080 g/mol. The fourth-order valence-electron chi connectivity index (χ4n) is 10.8. The van der Waals surface area contributed by atoms with Gasteiger partial charge in [0.25, 0.3) is 0 Å². The van der Waals surface area contributed by atoms with Crippen molar-refractivity contribution < 1.29 is 24.5 Å². The first-order valence-corrected chi connectivity index (χ1v) is 34.8. The summed E-state index contributed by atoms with van der Waals surface area (Å²) in [5, 5.41) is 23.1. The topological polar surface area (TPSA) is 95.9 Å². The Hall–Kier alpha value is -1.92. The summed E-state index contributed by atoms with van der Waals surface area (Å²) in [6.07, 6.45) is 85.2. The summed E-state index contributed by atoms with van der Waals surface area (Å²) in [7, 11) is 0. The summed E-state index contributed by atoms with van der Waals surface area (Å²) in [4.78, 5) is 24.5. The Morgan fingerprint density at radius 3 is 0.987 bits per heavy atom. The number of aliphatic hydroxyl groups excluding tert-OH is 2. The summed E-state index contributed by atoms with van der Waals surface area (Å²) < 4.78 is 5.49. The zero-order chi connectivity index (χ0) is 55.7. The van der Waals surface area contributed by atoms with Crippen LogP contribution < -0.4 is 5.32 Å². The van der Waals surface area contributed by atoms with E-state index < -0.39 is 12.1 Å². The molecular weight excluding hydrogens is 947 g/mol. The van der Waals surface area contributed by atoms with Crippen LogP contribution in [-0.2, 0) is 14.3 Å². The molecule has 0 bridgehead atoms. The Labute approximate surface area is 481 Å². The summed E-state index contributed by atoms with van der Waals surface area (Å²) in [5.41, 5.74) is 0. The Kier molecular flexibility index (Phi) is 64.9. The van der Waals surface area contributed by atoms with Crippen LogP contribution in [0.5, 0.6) is 0 Å². The van der Waals surface area contributed by atoms with Crippen LogP contribution in [0.2, 0.25) is 0 Å². The van der Waals surface area contributed by atoms with Crippen molar-refractivity contribution in [2.45, 2.75) is 392 Å². The first kappa shape index (κ1) is 75.1. The van der Waals surface area contributed by atoms with Crippen LogP contribution in [0.3, 0.4) is 0 Å². The number of aliphatic hydroxyl groups is 2. The maximum Gasteiger partial charge on any atom is 0.305 e. The molecule has 0 rings (SSSR count). The lowest BCUT2D eigenvalue weighted by molar-refractivity contribution is -0.143. The molecule has 1 amide bonds. The van der Waals surface area contributed by atoms with Crippen molar-refractivity contribution in [3.05, 3.63) is 36.5 Å². The Morgan fingerprint density at radius 1 is 0.364 bits per heavy atom. The number of nitrogens with one attached hydrogen (secondary N) is 1. The molecule has 0 fully saturated rings. The van der Waals surface area contributed by atoms with Gasteiger partial charge >= 0.3 is 5.97 Å². The lowest BCUT2D eigenvalue weighted by Crippen LogP contribution is -2.45. The van der Waals surface area contributed by atoms with Gasteiger partial charge < -0.3 is 20.3 Å². The van der Waals surface area contributed by atoms with Crippen molar-refractivity contribution in [3.63, 3.8) is 0 Å². The van der Waals surface area contributed by atoms with Crippen LogP contribution in [0, 0.1) is 0 Å². The zero-order valence-corrected chi connectivity index (χ0v) is 52.0. The van der Waals surface area contributed by atoms with Crippen molar-refractivity contribution in [2.75, 3.05) is 13.2 Å². The number of esters is 1. The number of carbonyl (C=O) groups is 2. The maximum absolute atomic E-state index is 12.4. The third-order valence-electron chi connectivity index (χ3n) is 16.2. The predicted molar refractivity (Wildman–Crippen MR) is 338 cm³/mol. The van der Waals surface area contributed by atoms with E-state index in [4.69, 9.17) is 4.74 Å². The molecule has 0 aromatic rings. The van der Waals surface area contributed by atoms with Gasteiger partial charge in [-0.25, -0.2) is 0 Å². The molecule has 0 aliphatic heterocycles. The van der Waals surface area contributed by atoms with Crippen molar-refractivity contribution in [3.8, 4) is 0 Å². The van der Waals surface area contributed by atoms with Gasteiger partial charge in [0.2, 0.25) is 5.91 Å². The number of ether oxygens (including phenoxy) is 1. The van der Waals surface area contributed by atoms with Crippen LogP contribution in [0.4, 0.5) is 0 Å². The molecule has 0 aromatic heterocycles. The van der Waals surface area contributed by atoms with Crippen molar-refractivity contribution in [2.24, 2.45) is 0 Å². The second-order valence-corrected chi connectivity index (χ2v) is 23.9. The van der Waals surface area contributed by atoms with E-state index in [0.29, 0.717) is 19.4 Å². The molecule has 0 heterocycles. The third kappa shape index (κ3) is 63.1. The number of allylic oxidation sites excluding steroid dienone is 5. The highest BCUT2D eigenvalue weighted by atomic mass is 16.5. The highest BCUT2D eigenvalue weighted by molar-refractivity contribution is 5.76. The van der Waals surface area contributed by atoms with Gasteiger partial charge in [-0.2, -0.15) is 0 Å². The van der Waals surface area contributed by atoms with Gasteiger partial charge in [-0.3, -0.25) is 9.59 Å². The van der Waals surface area contributed by atoms with Gasteiger partial charge in [0.05, 0.1) is 25.4 Å². The molecule has 0 aromatic carbocycles. The van der Waals surface area contributed by atoms with E-state index >= 15 is 0 Å². The Morgan fingerprint density at radius 2 is 0.649 bits per heavy atom.